The molecule has 0 bridgehead atoms. The third kappa shape index (κ3) is 4.24. The number of rotatable bonds is 4. The zero-order chi connectivity index (χ0) is 17.6. The number of hydrogen-bond donors (Lipinski definition) is 1. The third-order valence-corrected chi connectivity index (χ3v) is 4.14. The molecule has 1 amide bonds. The number of hydrazone groups is 1. The van der Waals surface area contributed by atoms with Gasteiger partial charge in [-0.05, 0) is 30.3 Å². The largest absolute Gasteiger partial charge is 0.271 e. The van der Waals surface area contributed by atoms with Gasteiger partial charge in [0.1, 0.15) is 5.71 Å². The Kier molecular flexibility index (Phi) is 5.43. The summed E-state index contributed by atoms with van der Waals surface area (Å²) in [7, 11) is 0. The van der Waals surface area contributed by atoms with Crippen molar-refractivity contribution in [3.8, 4) is 0 Å². The molecule has 1 N–H and O–H groups in total. The van der Waals surface area contributed by atoms with E-state index in [1.165, 1.54) is 6.07 Å². The lowest BCUT2D eigenvalue weighted by Gasteiger charge is -2.07. The summed E-state index contributed by atoms with van der Waals surface area (Å²) in [5.74, 6) is -0.386. The van der Waals surface area contributed by atoms with Crippen molar-refractivity contribution >= 4 is 34.8 Å². The number of nitrogens with zero attached hydrogens (tertiary/aromatic N) is 2. The molecular formula is C19H13Cl2N3O. The smallest absolute Gasteiger partial charge is 0.267 e. The average Bonchev–Trinajstić information content (AvgIpc) is 2.66. The van der Waals surface area contributed by atoms with E-state index in [0.29, 0.717) is 27.0 Å². The Bertz CT molecular complexity index is 871. The van der Waals surface area contributed by atoms with Gasteiger partial charge in [-0.3, -0.25) is 9.78 Å². The van der Waals surface area contributed by atoms with E-state index in [4.69, 9.17) is 23.2 Å². The molecule has 0 unspecified atom stereocenters. The van der Waals surface area contributed by atoms with Crippen LogP contribution in [0.5, 0.6) is 0 Å². The van der Waals surface area contributed by atoms with Gasteiger partial charge in [-0.15, -0.1) is 0 Å². The summed E-state index contributed by atoms with van der Waals surface area (Å²) < 4.78 is 0. The number of pyridine rings is 1. The zero-order valence-electron chi connectivity index (χ0n) is 13.0. The quantitative estimate of drug-likeness (QED) is 0.540. The predicted octanol–water partition coefficient (Wildman–Crippen LogP) is 4.57. The zero-order valence-corrected chi connectivity index (χ0v) is 14.5. The van der Waals surface area contributed by atoms with Gasteiger partial charge in [0, 0.05) is 17.3 Å². The van der Waals surface area contributed by atoms with Crippen molar-refractivity contribution in [2.75, 3.05) is 0 Å². The van der Waals surface area contributed by atoms with Crippen LogP contribution in [0.15, 0.2) is 78.0 Å². The molecule has 0 spiro atoms. The Morgan fingerprint density at radius 1 is 0.880 bits per heavy atom. The molecule has 6 heteroatoms. The highest BCUT2D eigenvalue weighted by Crippen LogP contribution is 2.22. The molecule has 2 aromatic carbocycles. The van der Waals surface area contributed by atoms with E-state index >= 15 is 0 Å². The van der Waals surface area contributed by atoms with Crippen LogP contribution in [0.4, 0.5) is 0 Å². The first-order chi connectivity index (χ1) is 12.1. The molecule has 0 radical (unpaired) electrons. The van der Waals surface area contributed by atoms with Gasteiger partial charge in [0.05, 0.1) is 15.7 Å². The summed E-state index contributed by atoms with van der Waals surface area (Å²) in [4.78, 5) is 16.6. The van der Waals surface area contributed by atoms with Gasteiger partial charge < -0.3 is 0 Å². The molecule has 0 fully saturated rings. The highest BCUT2D eigenvalue weighted by molar-refractivity contribution is 6.42. The van der Waals surface area contributed by atoms with Crippen molar-refractivity contribution in [2.45, 2.75) is 0 Å². The monoisotopic (exact) mass is 369 g/mol. The minimum absolute atomic E-state index is 0.311. The van der Waals surface area contributed by atoms with Gasteiger partial charge in [0.15, 0.2) is 0 Å². The highest BCUT2D eigenvalue weighted by atomic mass is 35.5. The number of carbonyl (C=O) groups excluding carboxylic acids is 1. The lowest BCUT2D eigenvalue weighted by Crippen LogP contribution is -2.21. The van der Waals surface area contributed by atoms with Crippen LogP contribution in [0, 0.1) is 0 Å². The molecule has 0 saturated heterocycles. The summed E-state index contributed by atoms with van der Waals surface area (Å²) in [5, 5.41) is 4.97. The molecular weight excluding hydrogens is 357 g/mol. The summed E-state index contributed by atoms with van der Waals surface area (Å²) in [5.41, 5.74) is 4.98. The minimum atomic E-state index is -0.386. The predicted molar refractivity (Wildman–Crippen MR) is 100 cm³/mol. The van der Waals surface area contributed by atoms with Gasteiger partial charge in [-0.1, -0.05) is 59.6 Å². The molecule has 1 heterocycles. The highest BCUT2D eigenvalue weighted by Gasteiger charge is 2.11. The molecule has 0 aliphatic carbocycles. The fourth-order valence-electron chi connectivity index (χ4n) is 2.18. The third-order valence-electron chi connectivity index (χ3n) is 3.41. The van der Waals surface area contributed by atoms with Crippen LogP contribution < -0.4 is 5.43 Å². The fourth-order valence-corrected chi connectivity index (χ4v) is 2.48. The number of hydrogen-bond acceptors (Lipinski definition) is 3. The minimum Gasteiger partial charge on any atom is -0.267 e. The van der Waals surface area contributed by atoms with Gasteiger partial charge in [0.2, 0.25) is 0 Å². The van der Waals surface area contributed by atoms with Crippen molar-refractivity contribution in [3.63, 3.8) is 0 Å². The molecule has 124 valence electrons. The first-order valence-electron chi connectivity index (χ1n) is 7.45. The van der Waals surface area contributed by atoms with Gasteiger partial charge in [-0.2, -0.15) is 5.10 Å². The van der Waals surface area contributed by atoms with Crippen LogP contribution in [0.1, 0.15) is 21.6 Å². The van der Waals surface area contributed by atoms with Gasteiger partial charge in [-0.25, -0.2) is 5.43 Å². The normalized spacial score (nSPS) is 11.2. The number of aromatic nitrogens is 1. The number of halogens is 2. The first kappa shape index (κ1) is 17.1. The van der Waals surface area contributed by atoms with Crippen LogP contribution in [0.3, 0.4) is 0 Å². The summed E-state index contributed by atoms with van der Waals surface area (Å²) >= 11 is 11.8. The second-order valence-electron chi connectivity index (χ2n) is 5.11. The van der Waals surface area contributed by atoms with Crippen LogP contribution in [-0.4, -0.2) is 16.6 Å². The van der Waals surface area contributed by atoms with Crippen molar-refractivity contribution in [1.29, 1.82) is 0 Å². The summed E-state index contributed by atoms with van der Waals surface area (Å²) in [6.07, 6.45) is 1.68. The summed E-state index contributed by atoms with van der Waals surface area (Å²) in [6.45, 7) is 0. The average molecular weight is 370 g/mol. The lowest BCUT2D eigenvalue weighted by atomic mass is 10.1. The summed E-state index contributed by atoms with van der Waals surface area (Å²) in [6, 6.07) is 19.7. The van der Waals surface area contributed by atoms with Gasteiger partial charge in [0.25, 0.3) is 5.91 Å². The molecule has 25 heavy (non-hydrogen) atoms. The van der Waals surface area contributed by atoms with E-state index in [1.54, 1.807) is 18.3 Å². The van der Waals surface area contributed by atoms with Gasteiger partial charge >= 0.3 is 0 Å². The van der Waals surface area contributed by atoms with Crippen molar-refractivity contribution in [3.05, 3.63) is 99.8 Å². The number of carbonyl (C=O) groups is 1. The number of benzene rings is 2. The molecule has 0 aliphatic heterocycles. The fraction of sp³-hybridized carbons (Fsp3) is 0. The molecule has 1 aromatic heterocycles. The maximum atomic E-state index is 12.3. The second kappa shape index (κ2) is 7.92. The topological polar surface area (TPSA) is 54.4 Å². The van der Waals surface area contributed by atoms with E-state index in [9.17, 15) is 4.79 Å². The Hall–Kier alpha value is -2.69. The van der Waals surface area contributed by atoms with E-state index in [1.807, 2.05) is 48.5 Å². The lowest BCUT2D eigenvalue weighted by molar-refractivity contribution is 0.0955. The van der Waals surface area contributed by atoms with Crippen LogP contribution >= 0.6 is 23.2 Å². The van der Waals surface area contributed by atoms with Crippen LogP contribution in [-0.2, 0) is 0 Å². The number of amides is 1. The second-order valence-corrected chi connectivity index (χ2v) is 5.93. The van der Waals surface area contributed by atoms with Crippen LogP contribution in [0.2, 0.25) is 10.0 Å². The Morgan fingerprint density at radius 3 is 2.32 bits per heavy atom. The Labute approximate surface area is 155 Å². The van der Waals surface area contributed by atoms with E-state index < -0.39 is 0 Å². The number of nitrogens with one attached hydrogen (secondary N) is 1. The molecule has 0 aliphatic rings. The van der Waals surface area contributed by atoms with Crippen LogP contribution in [0.25, 0.3) is 0 Å². The van der Waals surface area contributed by atoms with E-state index in [0.717, 1.165) is 5.56 Å². The first-order valence-corrected chi connectivity index (χ1v) is 8.20. The Balaban J connectivity index is 1.91. The van der Waals surface area contributed by atoms with Crippen molar-refractivity contribution in [1.82, 2.24) is 10.4 Å². The molecule has 3 aromatic rings. The maximum absolute atomic E-state index is 12.3. The van der Waals surface area contributed by atoms with Crippen molar-refractivity contribution < 1.29 is 4.79 Å². The van der Waals surface area contributed by atoms with Crippen molar-refractivity contribution in [2.24, 2.45) is 5.10 Å². The standard InChI is InChI=1S/C19H13Cl2N3O/c20-15-10-9-14(12-16(15)21)19(25)24-23-18(13-6-2-1-3-7-13)17-8-4-5-11-22-17/h1-12H,(H,24,25). The maximum Gasteiger partial charge on any atom is 0.271 e. The van der Waals surface area contributed by atoms with E-state index in [2.05, 4.69) is 15.5 Å². The van der Waals surface area contributed by atoms with E-state index in [-0.39, 0.29) is 5.91 Å². The molecule has 4 nitrogen and oxygen atoms in total. The molecule has 0 saturated carbocycles. The SMILES string of the molecule is O=C(NN=C(c1ccccc1)c1ccccn1)c1ccc(Cl)c(Cl)c1. The molecule has 0 atom stereocenters. The Morgan fingerprint density at radius 2 is 1.64 bits per heavy atom. The molecule has 3 rings (SSSR count).